The summed E-state index contributed by atoms with van der Waals surface area (Å²) in [5, 5.41) is 3.59. The number of aromatic nitrogens is 1. The molecule has 2 amide bonds. The molecule has 20 heavy (non-hydrogen) atoms. The monoisotopic (exact) mass is 273 g/mol. The summed E-state index contributed by atoms with van der Waals surface area (Å²) in [6, 6.07) is 7.47. The molecule has 1 atom stereocenters. The van der Waals surface area contributed by atoms with Crippen molar-refractivity contribution >= 4 is 22.7 Å². The molecule has 2 N–H and O–H groups in total. The topological polar surface area (TPSA) is 65.2 Å². The number of hydrogen-bond donors (Lipinski definition) is 2. The molecule has 0 bridgehead atoms. The highest BCUT2D eigenvalue weighted by atomic mass is 16.2. The Morgan fingerprint density at radius 1 is 1.35 bits per heavy atom. The predicted octanol–water partition coefficient (Wildman–Crippen LogP) is 1.62. The van der Waals surface area contributed by atoms with Crippen LogP contribution in [0.25, 0.3) is 10.9 Å². The molecule has 106 valence electrons. The minimum Gasteiger partial charge on any atom is -0.361 e. The number of amides is 2. The molecule has 0 fully saturated rings. The molecule has 0 saturated carbocycles. The number of hydrogen-bond acceptors (Lipinski definition) is 2. The summed E-state index contributed by atoms with van der Waals surface area (Å²) in [6.45, 7) is 2.20. The van der Waals surface area contributed by atoms with Crippen molar-refractivity contribution in [3.8, 4) is 0 Å². The van der Waals surface area contributed by atoms with E-state index in [-0.39, 0.29) is 17.7 Å². The Morgan fingerprint density at radius 2 is 2.10 bits per heavy atom. The molecule has 5 heteroatoms. The lowest BCUT2D eigenvalue weighted by Crippen LogP contribution is -2.37. The van der Waals surface area contributed by atoms with Gasteiger partial charge in [0.25, 0.3) is 5.91 Å². The first-order chi connectivity index (χ1) is 9.52. The second-order valence-corrected chi connectivity index (χ2v) is 4.98. The van der Waals surface area contributed by atoms with E-state index in [1.54, 1.807) is 32.0 Å². The van der Waals surface area contributed by atoms with Crippen LogP contribution >= 0.6 is 0 Å². The fourth-order valence-electron chi connectivity index (χ4n) is 2.23. The van der Waals surface area contributed by atoms with Crippen LogP contribution in [0.5, 0.6) is 0 Å². The van der Waals surface area contributed by atoms with Gasteiger partial charge in [-0.15, -0.1) is 0 Å². The first kappa shape index (κ1) is 14.1. The minimum absolute atomic E-state index is 0.0641. The van der Waals surface area contributed by atoms with Crippen LogP contribution in [-0.2, 0) is 4.79 Å². The second-order valence-electron chi connectivity index (χ2n) is 4.98. The van der Waals surface area contributed by atoms with Gasteiger partial charge in [-0.2, -0.15) is 0 Å². The van der Waals surface area contributed by atoms with E-state index >= 15 is 0 Å². The summed E-state index contributed by atoms with van der Waals surface area (Å²) in [5.41, 5.74) is 1.63. The molecule has 1 unspecified atom stereocenters. The molecule has 0 aliphatic heterocycles. The Morgan fingerprint density at radius 3 is 2.80 bits per heavy atom. The highest BCUT2D eigenvalue weighted by Crippen LogP contribution is 2.15. The van der Waals surface area contributed by atoms with Crippen molar-refractivity contribution in [2.45, 2.75) is 6.92 Å². The quantitative estimate of drug-likeness (QED) is 0.889. The van der Waals surface area contributed by atoms with E-state index in [1.165, 1.54) is 0 Å². The number of nitrogens with zero attached hydrogens (tertiary/aromatic N) is 1. The summed E-state index contributed by atoms with van der Waals surface area (Å²) in [6.07, 6.45) is 1.84. The normalized spacial score (nSPS) is 12.2. The van der Waals surface area contributed by atoms with E-state index < -0.39 is 0 Å². The predicted molar refractivity (Wildman–Crippen MR) is 78.5 cm³/mol. The van der Waals surface area contributed by atoms with E-state index in [1.807, 2.05) is 24.4 Å². The lowest BCUT2D eigenvalue weighted by atomic mass is 10.1. The first-order valence-corrected chi connectivity index (χ1v) is 6.57. The molecular formula is C15H19N3O2. The number of carbonyl (C=O) groups is 2. The number of carbonyl (C=O) groups excluding carboxylic acids is 2. The van der Waals surface area contributed by atoms with Crippen LogP contribution in [0.4, 0.5) is 0 Å². The van der Waals surface area contributed by atoms with Gasteiger partial charge in [0.05, 0.1) is 5.92 Å². The van der Waals surface area contributed by atoms with Crippen molar-refractivity contribution in [2.75, 3.05) is 20.6 Å². The van der Waals surface area contributed by atoms with Gasteiger partial charge in [0, 0.05) is 43.3 Å². The van der Waals surface area contributed by atoms with Crippen molar-refractivity contribution in [3.05, 3.63) is 36.0 Å². The Labute approximate surface area is 118 Å². The maximum absolute atomic E-state index is 12.3. The summed E-state index contributed by atoms with van der Waals surface area (Å²) >= 11 is 0. The van der Waals surface area contributed by atoms with Crippen molar-refractivity contribution < 1.29 is 9.59 Å². The molecule has 2 rings (SSSR count). The summed E-state index contributed by atoms with van der Waals surface area (Å²) in [4.78, 5) is 28.5. The molecule has 1 aromatic carbocycles. The maximum Gasteiger partial charge on any atom is 0.253 e. The third-order valence-electron chi connectivity index (χ3n) is 3.39. The number of fused-ring (bicyclic) bond motifs is 1. The van der Waals surface area contributed by atoms with Crippen molar-refractivity contribution in [1.82, 2.24) is 15.2 Å². The number of nitrogens with one attached hydrogen (secondary N) is 2. The Kier molecular flexibility index (Phi) is 4.08. The average Bonchev–Trinajstić information content (AvgIpc) is 2.92. The second kappa shape index (κ2) is 5.77. The van der Waals surface area contributed by atoms with Crippen molar-refractivity contribution in [3.63, 3.8) is 0 Å². The highest BCUT2D eigenvalue weighted by Gasteiger charge is 2.18. The summed E-state index contributed by atoms with van der Waals surface area (Å²) in [5.74, 6) is -0.375. The Bertz CT molecular complexity index is 633. The number of H-pyrrole nitrogens is 1. The average molecular weight is 273 g/mol. The zero-order valence-corrected chi connectivity index (χ0v) is 11.9. The Hall–Kier alpha value is -2.30. The van der Waals surface area contributed by atoms with Gasteiger partial charge in [0.2, 0.25) is 5.91 Å². The van der Waals surface area contributed by atoms with E-state index in [0.717, 1.165) is 10.9 Å². The van der Waals surface area contributed by atoms with Crippen molar-refractivity contribution in [1.29, 1.82) is 0 Å². The summed E-state index contributed by atoms with van der Waals surface area (Å²) in [7, 11) is 3.31. The molecule has 0 spiro atoms. The van der Waals surface area contributed by atoms with Gasteiger partial charge in [-0.3, -0.25) is 9.59 Å². The van der Waals surface area contributed by atoms with Crippen LogP contribution in [0.3, 0.4) is 0 Å². The van der Waals surface area contributed by atoms with E-state index in [2.05, 4.69) is 10.3 Å². The van der Waals surface area contributed by atoms with Gasteiger partial charge in [0.15, 0.2) is 0 Å². The highest BCUT2D eigenvalue weighted by molar-refractivity contribution is 5.98. The molecule has 0 aliphatic rings. The van der Waals surface area contributed by atoms with Crippen molar-refractivity contribution in [2.24, 2.45) is 5.92 Å². The van der Waals surface area contributed by atoms with Crippen LogP contribution < -0.4 is 5.32 Å². The van der Waals surface area contributed by atoms with Gasteiger partial charge < -0.3 is 15.2 Å². The van der Waals surface area contributed by atoms with Gasteiger partial charge in [-0.1, -0.05) is 6.92 Å². The molecule has 0 aliphatic carbocycles. The van der Waals surface area contributed by atoms with E-state index in [9.17, 15) is 9.59 Å². The standard InChI is InChI=1S/C15H19N3O2/c1-10(14(19)16-2)9-18(3)15(20)12-4-5-13-11(8-12)6-7-17-13/h4-8,10,17H,9H2,1-3H3,(H,16,19). The zero-order chi connectivity index (χ0) is 14.7. The minimum atomic E-state index is -0.232. The first-order valence-electron chi connectivity index (χ1n) is 6.57. The van der Waals surface area contributed by atoms with Crippen LogP contribution in [-0.4, -0.2) is 42.3 Å². The SMILES string of the molecule is CNC(=O)C(C)CN(C)C(=O)c1ccc2[nH]ccc2c1. The van der Waals surface area contributed by atoms with Gasteiger partial charge in [0.1, 0.15) is 0 Å². The van der Waals surface area contributed by atoms with Crippen LogP contribution in [0.15, 0.2) is 30.5 Å². The molecule has 5 nitrogen and oxygen atoms in total. The molecule has 0 saturated heterocycles. The Balaban J connectivity index is 2.11. The third kappa shape index (κ3) is 2.82. The third-order valence-corrected chi connectivity index (χ3v) is 3.39. The zero-order valence-electron chi connectivity index (χ0n) is 11.9. The molecule has 0 radical (unpaired) electrons. The van der Waals surface area contributed by atoms with Crippen LogP contribution in [0.2, 0.25) is 0 Å². The van der Waals surface area contributed by atoms with Crippen LogP contribution in [0.1, 0.15) is 17.3 Å². The molecule has 1 heterocycles. The van der Waals surface area contributed by atoms with E-state index in [4.69, 9.17) is 0 Å². The largest absolute Gasteiger partial charge is 0.361 e. The number of aromatic amines is 1. The van der Waals surface area contributed by atoms with Gasteiger partial charge in [-0.05, 0) is 24.3 Å². The fourth-order valence-corrected chi connectivity index (χ4v) is 2.23. The smallest absolute Gasteiger partial charge is 0.253 e. The summed E-state index contributed by atoms with van der Waals surface area (Å²) < 4.78 is 0. The van der Waals surface area contributed by atoms with Gasteiger partial charge in [-0.25, -0.2) is 0 Å². The molecular weight excluding hydrogens is 254 g/mol. The lowest BCUT2D eigenvalue weighted by Gasteiger charge is -2.20. The number of rotatable bonds is 4. The van der Waals surface area contributed by atoms with Gasteiger partial charge >= 0.3 is 0 Å². The molecule has 1 aromatic heterocycles. The van der Waals surface area contributed by atoms with E-state index in [0.29, 0.717) is 12.1 Å². The lowest BCUT2D eigenvalue weighted by molar-refractivity contribution is -0.124. The fraction of sp³-hybridized carbons (Fsp3) is 0.333. The number of benzene rings is 1. The molecule has 2 aromatic rings. The maximum atomic E-state index is 12.3. The van der Waals surface area contributed by atoms with Crippen LogP contribution in [0, 0.1) is 5.92 Å².